The number of phenols is 4. The van der Waals surface area contributed by atoms with Crippen LogP contribution in [0.4, 0.5) is 11.5 Å². The number of aromatic hydroxyl groups is 4. The first kappa shape index (κ1) is 65.6. The smallest absolute Gasteiger partial charge is 0.355 e. The van der Waals surface area contributed by atoms with Crippen LogP contribution in [0.5, 0.6) is 28.7 Å². The maximum Gasteiger partial charge on any atom is 0.355 e. The number of ether oxygens (including phenoxy) is 2. The first-order valence-corrected chi connectivity index (χ1v) is 32.4. The standard InChI is InChI=1S/C70H84N8O16/c71-66(74-34-40-9-2-1-3-10-40)75-37-67(25-4-5-26-67)33-46(81)21-19-42-32-68(65(90)91)59(58(42)69-44(12-7-13-45(69)35-79)20-18-41-11-6-14-51(83)57(41)69)56-49(31-52(60(85)62(56)87)93-70(92)64(89)63(88)61(86)53(36-80)94-70)78(68)55(84)23-17-39-16-22-50(82)43(29-39)30-48-47(76-38-77-48)24-28-73-54-15-8-27-72-54/h1-3,6,8-11,14-17,22-23,27,29,31-32,38,44-46,53,58-59,61,63-64,72-73,79-83,85-89,92H,4-5,7,12-13,18-21,24-26,28,30,33-37H2,(H,76,77)(H,90,91)(H3,71,74,75)/b23-17+/t44-,45-,46-,53-,58-,59+,61-,63+,64-,68-,69+,70+/m1/s1. The number of aromatic amines is 2. The number of imidazole rings is 1. The number of benzene rings is 4. The van der Waals surface area contributed by atoms with Gasteiger partial charge in [-0.05, 0) is 134 Å². The number of allylic oxidation sites excluding steroid dienone is 1. The number of nitrogens with zero attached hydrogens (tertiary/aromatic N) is 3. The van der Waals surface area contributed by atoms with Gasteiger partial charge in [0, 0.05) is 90.5 Å². The number of nitrogens with two attached hydrogens (primary N) is 1. The van der Waals surface area contributed by atoms with Gasteiger partial charge in [0.1, 0.15) is 35.6 Å². The van der Waals surface area contributed by atoms with E-state index in [0.717, 1.165) is 71.1 Å². The van der Waals surface area contributed by atoms with Crippen molar-refractivity contribution in [3.8, 4) is 28.7 Å². The number of fused-ring (bicyclic) bond motifs is 6. The number of hydrogen-bond acceptors (Lipinski definition) is 18. The molecule has 3 fully saturated rings. The minimum absolute atomic E-state index is 0.0261. The maximum atomic E-state index is 16.0. The number of carbonyl (C=O) groups is 2. The Morgan fingerprint density at radius 3 is 2.43 bits per heavy atom. The van der Waals surface area contributed by atoms with Crippen molar-refractivity contribution in [3.05, 3.63) is 160 Å². The molecule has 1 saturated heterocycles. The van der Waals surface area contributed by atoms with Crippen LogP contribution in [0.3, 0.4) is 0 Å². The molecule has 94 heavy (non-hydrogen) atoms. The molecule has 1 amide bonds. The summed E-state index contributed by atoms with van der Waals surface area (Å²) in [4.78, 5) is 47.6. The van der Waals surface area contributed by atoms with Crippen molar-refractivity contribution in [1.29, 1.82) is 0 Å². The number of aliphatic carboxylic acids is 1. The van der Waals surface area contributed by atoms with Gasteiger partial charge in [0.05, 0.1) is 37.0 Å². The molecule has 12 atom stereocenters. The van der Waals surface area contributed by atoms with E-state index in [1.165, 1.54) is 18.2 Å². The Bertz CT molecular complexity index is 3810. The number of hydrogen-bond donors (Lipinski definition) is 17. The molecule has 500 valence electrons. The fourth-order valence-corrected chi connectivity index (χ4v) is 16.8. The number of guanidine groups is 1. The number of aliphatic imine (C=N–C) groups is 1. The third kappa shape index (κ3) is 11.9. The first-order chi connectivity index (χ1) is 45.2. The number of carboxylic acids is 1. The van der Waals surface area contributed by atoms with E-state index in [-0.39, 0.29) is 53.9 Å². The number of rotatable bonds is 23. The highest BCUT2D eigenvalue weighted by molar-refractivity contribution is 6.14. The zero-order valence-corrected chi connectivity index (χ0v) is 52.0. The van der Waals surface area contributed by atoms with Gasteiger partial charge in [-0.1, -0.05) is 73.4 Å². The molecule has 0 spiro atoms. The van der Waals surface area contributed by atoms with Crippen LogP contribution in [0.15, 0.2) is 120 Å². The lowest BCUT2D eigenvalue weighted by atomic mass is 9.45. The number of anilines is 2. The predicted molar refractivity (Wildman–Crippen MR) is 346 cm³/mol. The highest BCUT2D eigenvalue weighted by Crippen LogP contribution is 2.72. The van der Waals surface area contributed by atoms with E-state index in [0.29, 0.717) is 86.8 Å². The molecule has 2 saturated carbocycles. The van der Waals surface area contributed by atoms with Gasteiger partial charge in [-0.3, -0.25) is 9.69 Å². The van der Waals surface area contributed by atoms with Gasteiger partial charge in [0.2, 0.25) is 5.75 Å². The van der Waals surface area contributed by atoms with E-state index < -0.39 is 113 Å². The largest absolute Gasteiger partial charge is 0.508 e. The van der Waals surface area contributed by atoms with Crippen LogP contribution in [-0.4, -0.2) is 162 Å². The molecule has 0 radical (unpaired) electrons. The fraction of sp³-hybridized carbons (Fsp3) is 0.457. The monoisotopic (exact) mass is 1290 g/mol. The van der Waals surface area contributed by atoms with Crippen LogP contribution in [-0.2, 0) is 45.5 Å². The number of nitrogens with one attached hydrogen (secondary N) is 4. The number of H-pyrrole nitrogens is 2. The molecule has 4 aromatic carbocycles. The van der Waals surface area contributed by atoms with E-state index in [9.17, 15) is 61.3 Å². The quantitative estimate of drug-likeness (QED) is 0.00964. The molecule has 2 aromatic heterocycles. The normalized spacial score (nSPS) is 28.1. The Balaban J connectivity index is 0.969. The minimum Gasteiger partial charge on any atom is -0.508 e. The third-order valence-electron chi connectivity index (χ3n) is 21.0. The highest BCUT2D eigenvalue weighted by Gasteiger charge is 2.72. The lowest BCUT2D eigenvalue weighted by Gasteiger charge is -2.58. The molecule has 0 bridgehead atoms. The number of aliphatic hydroxyl groups excluding tert-OH is 6. The second-order valence-electron chi connectivity index (χ2n) is 26.4. The van der Waals surface area contributed by atoms with Crippen molar-refractivity contribution in [2.75, 3.05) is 36.5 Å². The Morgan fingerprint density at radius 2 is 1.68 bits per heavy atom. The summed E-state index contributed by atoms with van der Waals surface area (Å²) >= 11 is 0. The van der Waals surface area contributed by atoms with Gasteiger partial charge < -0.3 is 97.1 Å². The Morgan fingerprint density at radius 1 is 0.883 bits per heavy atom. The molecule has 2 aliphatic heterocycles. The molecule has 4 heterocycles. The molecule has 6 aromatic rings. The van der Waals surface area contributed by atoms with Crippen LogP contribution in [0, 0.1) is 23.2 Å². The summed E-state index contributed by atoms with van der Waals surface area (Å²) in [6, 6.07) is 24.3. The second-order valence-corrected chi connectivity index (χ2v) is 26.4. The average Bonchev–Trinajstić information content (AvgIpc) is 1.48. The molecular formula is C70H84N8O16. The van der Waals surface area contributed by atoms with Gasteiger partial charge in [0.25, 0.3) is 5.91 Å². The van der Waals surface area contributed by atoms with Gasteiger partial charge in [-0.25, -0.2) is 14.8 Å². The van der Waals surface area contributed by atoms with Crippen molar-refractivity contribution in [1.82, 2.24) is 20.3 Å². The summed E-state index contributed by atoms with van der Waals surface area (Å²) in [6.45, 7) is -0.0778. The lowest BCUT2D eigenvalue weighted by Crippen LogP contribution is -2.67. The molecule has 24 nitrogen and oxygen atoms in total. The lowest BCUT2D eigenvalue weighted by molar-refractivity contribution is -0.422. The fourth-order valence-electron chi connectivity index (χ4n) is 16.8. The molecule has 18 N–H and O–H groups in total. The zero-order valence-electron chi connectivity index (χ0n) is 52.0. The maximum absolute atomic E-state index is 16.0. The molecular weight excluding hydrogens is 1210 g/mol. The Hall–Kier alpha value is -8.46. The van der Waals surface area contributed by atoms with E-state index in [4.69, 9.17) is 15.2 Å². The summed E-state index contributed by atoms with van der Waals surface area (Å²) < 4.78 is 11.2. The average molecular weight is 1290 g/mol. The van der Waals surface area contributed by atoms with E-state index in [1.54, 1.807) is 36.8 Å². The van der Waals surface area contributed by atoms with Crippen LogP contribution < -0.4 is 26.0 Å². The number of phenolic OH excluding ortho intramolecular Hbond substituents is 4. The Kier molecular flexibility index (Phi) is 18.7. The number of aryl methyl sites for hydroxylation is 1. The highest BCUT2D eigenvalue weighted by atomic mass is 16.8. The molecule has 4 aliphatic carbocycles. The topological polar surface area (TPSA) is 406 Å². The second kappa shape index (κ2) is 26.7. The number of aromatic nitrogens is 3. The van der Waals surface area contributed by atoms with Crippen LogP contribution in [0.1, 0.15) is 121 Å². The van der Waals surface area contributed by atoms with Crippen molar-refractivity contribution < 1.29 is 80.3 Å². The summed E-state index contributed by atoms with van der Waals surface area (Å²) in [7, 11) is 0. The van der Waals surface area contributed by atoms with Gasteiger partial charge in [0.15, 0.2) is 29.1 Å². The van der Waals surface area contributed by atoms with Crippen molar-refractivity contribution >= 4 is 35.4 Å². The number of aliphatic hydroxyl groups is 7. The number of carbonyl (C=O) groups excluding carboxylic acids is 1. The number of amides is 1. The number of carboxylic acid groups (broad SMARTS) is 1. The molecule has 24 heteroatoms. The minimum atomic E-state index is -3.37. The molecule has 12 rings (SSSR count). The summed E-state index contributed by atoms with van der Waals surface area (Å²) in [5.41, 5.74) is 6.53. The SMILES string of the molecule is NC(=NCc1ccccc1)NCC1(C[C@H](O)CCC2=C[C@]3(C(=O)O)[C@@H](c4c(cc(O[C@]5(O)O[C@H](CO)[C@@H](O)[C@H](O)[C@H]5O)c(O)c4O)N3C(=O)/C=C/c3ccc(O)c(Cc4[nH]cnc4CCNc4ccc[nH]4)c3)[C@@H]2[C@@]23c4c(O)cccc4CC[C@H]2CCC[C@@H]3CO)CCCC1. The van der Waals surface area contributed by atoms with Crippen LogP contribution >= 0.6 is 0 Å². The summed E-state index contributed by atoms with van der Waals surface area (Å²) in [5.74, 6) is -11.8. The van der Waals surface area contributed by atoms with Gasteiger partial charge >= 0.3 is 11.9 Å². The molecule has 6 aliphatic rings. The van der Waals surface area contributed by atoms with Crippen molar-refractivity contribution in [3.63, 3.8) is 0 Å². The van der Waals surface area contributed by atoms with Crippen molar-refractivity contribution in [2.45, 2.75) is 150 Å². The van der Waals surface area contributed by atoms with Crippen LogP contribution in [0.2, 0.25) is 0 Å². The van der Waals surface area contributed by atoms with Crippen molar-refractivity contribution in [2.24, 2.45) is 33.9 Å². The van der Waals surface area contributed by atoms with E-state index in [2.05, 4.69) is 30.6 Å². The summed E-state index contributed by atoms with van der Waals surface area (Å²) in [6.07, 6.45) is 5.30. The van der Waals surface area contributed by atoms with E-state index in [1.807, 2.05) is 48.5 Å². The predicted octanol–water partition coefficient (Wildman–Crippen LogP) is 5.32. The zero-order chi connectivity index (χ0) is 66.3. The third-order valence-corrected chi connectivity index (χ3v) is 21.0. The summed E-state index contributed by atoms with van der Waals surface area (Å²) in [5, 5.41) is 147. The molecule has 0 unspecified atom stereocenters. The van der Waals surface area contributed by atoms with E-state index >= 15 is 9.59 Å². The van der Waals surface area contributed by atoms with Gasteiger partial charge in [-0.2, -0.15) is 0 Å². The first-order valence-electron chi connectivity index (χ1n) is 32.4. The van der Waals surface area contributed by atoms with Crippen LogP contribution in [0.25, 0.3) is 6.08 Å². The Labute approximate surface area is 542 Å². The van der Waals surface area contributed by atoms with Gasteiger partial charge in [-0.15, -0.1) is 0 Å².